The Hall–Kier alpha value is -0.160. The fourth-order valence-corrected chi connectivity index (χ4v) is 5.24. The molecule has 0 radical (unpaired) electrons. The minimum absolute atomic E-state index is 0.350. The van der Waals surface area contributed by atoms with E-state index in [-0.39, 0.29) is 0 Å². The van der Waals surface area contributed by atoms with E-state index in [1.807, 2.05) is 0 Å². The zero-order chi connectivity index (χ0) is 18.7. The summed E-state index contributed by atoms with van der Waals surface area (Å²) in [6.07, 6.45) is 5.58. The summed E-state index contributed by atoms with van der Waals surface area (Å²) in [5.74, 6) is 0.930. The monoisotopic (exact) mass is 364 g/mol. The van der Waals surface area contributed by atoms with Gasteiger partial charge in [-0.1, -0.05) is 0 Å². The minimum Gasteiger partial charge on any atom is -0.303 e. The molecule has 0 unspecified atom stereocenters. The third-order valence-electron chi connectivity index (χ3n) is 7.23. The number of piperidine rings is 2. The molecule has 4 nitrogen and oxygen atoms in total. The van der Waals surface area contributed by atoms with Crippen molar-refractivity contribution in [3.8, 4) is 0 Å². The van der Waals surface area contributed by atoms with E-state index in [4.69, 9.17) is 0 Å². The molecule has 3 fully saturated rings. The van der Waals surface area contributed by atoms with Crippen LogP contribution in [0.3, 0.4) is 0 Å². The van der Waals surface area contributed by atoms with Crippen LogP contribution in [0.2, 0.25) is 0 Å². The second-order valence-corrected chi connectivity index (χ2v) is 10.3. The second kappa shape index (κ2) is 8.89. The molecule has 0 N–H and O–H groups in total. The lowest BCUT2D eigenvalue weighted by atomic mass is 9.91. The Kier molecular flexibility index (Phi) is 7.04. The Balaban J connectivity index is 1.35. The van der Waals surface area contributed by atoms with Crippen LogP contribution < -0.4 is 0 Å². The molecule has 0 saturated carbocycles. The number of piperazine rings is 1. The maximum atomic E-state index is 2.79. The van der Waals surface area contributed by atoms with Crippen LogP contribution in [0, 0.1) is 5.92 Å². The van der Waals surface area contributed by atoms with Crippen molar-refractivity contribution < 1.29 is 0 Å². The van der Waals surface area contributed by atoms with Gasteiger partial charge in [0.05, 0.1) is 0 Å². The molecule has 4 heteroatoms. The summed E-state index contributed by atoms with van der Waals surface area (Å²) < 4.78 is 0. The van der Waals surface area contributed by atoms with Crippen molar-refractivity contribution in [3.05, 3.63) is 0 Å². The third kappa shape index (κ3) is 5.43. The first-order valence-electron chi connectivity index (χ1n) is 11.3. The molecule has 0 amide bonds. The molecule has 3 heterocycles. The molecule has 0 atom stereocenters. The average Bonchev–Trinajstić information content (AvgIpc) is 2.62. The van der Waals surface area contributed by atoms with Gasteiger partial charge in [0, 0.05) is 50.3 Å². The van der Waals surface area contributed by atoms with Gasteiger partial charge in [0.25, 0.3) is 0 Å². The highest BCUT2D eigenvalue weighted by molar-refractivity contribution is 4.87. The normalized spacial score (nSPS) is 27.5. The lowest BCUT2D eigenvalue weighted by Crippen LogP contribution is -2.54. The van der Waals surface area contributed by atoms with Gasteiger partial charge in [0.1, 0.15) is 0 Å². The smallest absolute Gasteiger partial charge is 0.0125 e. The van der Waals surface area contributed by atoms with E-state index in [9.17, 15) is 0 Å². The van der Waals surface area contributed by atoms with Crippen LogP contribution in [-0.2, 0) is 0 Å². The van der Waals surface area contributed by atoms with Crippen LogP contribution in [0.25, 0.3) is 0 Å². The molecule has 152 valence electrons. The zero-order valence-electron chi connectivity index (χ0n) is 18.2. The van der Waals surface area contributed by atoms with Crippen molar-refractivity contribution in [2.24, 2.45) is 5.92 Å². The highest BCUT2D eigenvalue weighted by atomic mass is 15.3. The maximum Gasteiger partial charge on any atom is 0.0125 e. The van der Waals surface area contributed by atoms with Crippen LogP contribution in [0.15, 0.2) is 0 Å². The highest BCUT2D eigenvalue weighted by Gasteiger charge is 2.31. The number of hydrogen-bond donors (Lipinski definition) is 0. The second-order valence-electron chi connectivity index (χ2n) is 10.3. The summed E-state index contributed by atoms with van der Waals surface area (Å²) in [5, 5.41) is 0. The molecule has 0 spiro atoms. The molecule has 3 saturated heterocycles. The van der Waals surface area contributed by atoms with Crippen molar-refractivity contribution in [2.75, 3.05) is 58.9 Å². The predicted molar refractivity (Wildman–Crippen MR) is 112 cm³/mol. The van der Waals surface area contributed by atoms with E-state index >= 15 is 0 Å². The third-order valence-corrected chi connectivity index (χ3v) is 7.23. The molecule has 0 aliphatic carbocycles. The summed E-state index contributed by atoms with van der Waals surface area (Å²) in [6, 6.07) is 1.56. The number of hydrogen-bond acceptors (Lipinski definition) is 4. The molecule has 3 aliphatic heterocycles. The van der Waals surface area contributed by atoms with Gasteiger partial charge in [-0.2, -0.15) is 0 Å². The van der Waals surface area contributed by atoms with E-state index in [0.717, 1.165) is 12.0 Å². The topological polar surface area (TPSA) is 13.0 Å². The Morgan fingerprint density at radius 1 is 0.769 bits per heavy atom. The Labute approximate surface area is 162 Å². The average molecular weight is 365 g/mol. The summed E-state index contributed by atoms with van der Waals surface area (Å²) in [6.45, 7) is 23.5. The van der Waals surface area contributed by atoms with Crippen molar-refractivity contribution in [3.63, 3.8) is 0 Å². The van der Waals surface area contributed by atoms with Gasteiger partial charge in [-0.3, -0.25) is 14.7 Å². The van der Waals surface area contributed by atoms with Gasteiger partial charge in [0.15, 0.2) is 0 Å². The fourth-order valence-electron chi connectivity index (χ4n) is 5.24. The standard InChI is InChI=1S/C22H44N4/c1-19(2)24-14-16-25(17-15-24)21-8-10-23(11-9-21)18-20-6-12-26(13-7-20)22(3,4)5/h19-21H,6-18H2,1-5H3. The maximum absolute atomic E-state index is 2.79. The molecule has 0 bridgehead atoms. The van der Waals surface area contributed by atoms with Crippen LogP contribution in [-0.4, -0.2) is 96.1 Å². The van der Waals surface area contributed by atoms with Crippen molar-refractivity contribution in [1.29, 1.82) is 0 Å². The van der Waals surface area contributed by atoms with Crippen molar-refractivity contribution in [2.45, 2.75) is 77.9 Å². The molecule has 0 aromatic heterocycles. The van der Waals surface area contributed by atoms with E-state index < -0.39 is 0 Å². The number of nitrogens with zero attached hydrogens (tertiary/aromatic N) is 4. The van der Waals surface area contributed by atoms with Gasteiger partial charge >= 0.3 is 0 Å². The van der Waals surface area contributed by atoms with Crippen LogP contribution in [0.4, 0.5) is 0 Å². The largest absolute Gasteiger partial charge is 0.303 e. The predicted octanol–water partition coefficient (Wildman–Crippen LogP) is 2.99. The van der Waals surface area contributed by atoms with Gasteiger partial charge in [-0.25, -0.2) is 0 Å². The first kappa shape index (κ1) is 20.6. The van der Waals surface area contributed by atoms with Gasteiger partial charge in [-0.15, -0.1) is 0 Å². The molecular formula is C22H44N4. The zero-order valence-corrected chi connectivity index (χ0v) is 18.2. The van der Waals surface area contributed by atoms with Gasteiger partial charge in [0.2, 0.25) is 0 Å². The Bertz CT molecular complexity index is 406. The Morgan fingerprint density at radius 2 is 1.35 bits per heavy atom. The summed E-state index contributed by atoms with van der Waals surface area (Å²) >= 11 is 0. The Morgan fingerprint density at radius 3 is 1.85 bits per heavy atom. The SMILES string of the molecule is CC(C)N1CCN(C2CCN(CC3CCN(C(C)(C)C)CC3)CC2)CC1. The number of rotatable bonds is 4. The molecular weight excluding hydrogens is 320 g/mol. The van der Waals surface area contributed by atoms with Crippen LogP contribution >= 0.6 is 0 Å². The van der Waals surface area contributed by atoms with E-state index in [1.165, 1.54) is 84.6 Å². The van der Waals surface area contributed by atoms with E-state index in [1.54, 1.807) is 0 Å². The highest BCUT2D eigenvalue weighted by Crippen LogP contribution is 2.26. The quantitative estimate of drug-likeness (QED) is 0.760. The lowest BCUT2D eigenvalue weighted by molar-refractivity contribution is 0.0369. The first-order valence-corrected chi connectivity index (χ1v) is 11.3. The molecule has 0 aromatic rings. The molecule has 0 aromatic carbocycles. The molecule has 26 heavy (non-hydrogen) atoms. The van der Waals surface area contributed by atoms with Gasteiger partial charge < -0.3 is 4.90 Å². The lowest BCUT2D eigenvalue weighted by Gasteiger charge is -2.45. The van der Waals surface area contributed by atoms with E-state index in [0.29, 0.717) is 11.6 Å². The van der Waals surface area contributed by atoms with Crippen LogP contribution in [0.5, 0.6) is 0 Å². The molecule has 3 aliphatic rings. The fraction of sp³-hybridized carbons (Fsp3) is 1.00. The first-order chi connectivity index (χ1) is 12.3. The summed E-state index contributed by atoms with van der Waals surface area (Å²) in [7, 11) is 0. The molecule has 3 rings (SSSR count). The summed E-state index contributed by atoms with van der Waals surface area (Å²) in [5.41, 5.74) is 0.350. The van der Waals surface area contributed by atoms with Crippen molar-refractivity contribution in [1.82, 2.24) is 19.6 Å². The van der Waals surface area contributed by atoms with Crippen molar-refractivity contribution >= 4 is 0 Å². The number of likely N-dealkylation sites (tertiary alicyclic amines) is 2. The van der Waals surface area contributed by atoms with Gasteiger partial charge in [-0.05, 0) is 92.4 Å². The van der Waals surface area contributed by atoms with Crippen LogP contribution in [0.1, 0.15) is 60.3 Å². The van der Waals surface area contributed by atoms with E-state index in [2.05, 4.69) is 54.2 Å². The summed E-state index contributed by atoms with van der Waals surface area (Å²) in [4.78, 5) is 10.9. The minimum atomic E-state index is 0.350.